The molecule has 0 unspecified atom stereocenters. The van der Waals surface area contributed by atoms with E-state index in [-0.39, 0.29) is 6.42 Å². The van der Waals surface area contributed by atoms with E-state index in [2.05, 4.69) is 0 Å². The van der Waals surface area contributed by atoms with Gasteiger partial charge in [-0.15, -0.1) is 0 Å². The normalized spacial score (nSPS) is 10.1. The molecule has 0 aliphatic heterocycles. The van der Waals surface area contributed by atoms with E-state index in [0.29, 0.717) is 12.4 Å². The predicted octanol–water partition coefficient (Wildman–Crippen LogP) is 2.49. The van der Waals surface area contributed by atoms with Gasteiger partial charge in [-0.1, -0.05) is 12.1 Å². The minimum Gasteiger partial charge on any atom is -0.486 e. The lowest BCUT2D eigenvalue weighted by molar-refractivity contribution is -0.136. The number of carbonyl (C=O) groups is 1. The molecule has 88 valence electrons. The fourth-order valence-electron chi connectivity index (χ4n) is 1.43. The van der Waals surface area contributed by atoms with E-state index in [1.807, 2.05) is 6.07 Å². The molecule has 0 amide bonds. The quantitative estimate of drug-likeness (QED) is 0.860. The van der Waals surface area contributed by atoms with Gasteiger partial charge in [0.15, 0.2) is 0 Å². The molecule has 0 spiro atoms. The summed E-state index contributed by atoms with van der Waals surface area (Å²) in [5.74, 6) is 0.601. The molecule has 1 aromatic heterocycles. The van der Waals surface area contributed by atoms with Crippen molar-refractivity contribution in [3.05, 3.63) is 54.0 Å². The van der Waals surface area contributed by atoms with Gasteiger partial charge in [0.05, 0.1) is 12.7 Å². The number of aliphatic carboxylic acids is 1. The van der Waals surface area contributed by atoms with Crippen LogP contribution < -0.4 is 4.74 Å². The van der Waals surface area contributed by atoms with Crippen LogP contribution in [-0.4, -0.2) is 11.1 Å². The number of benzene rings is 1. The molecule has 0 aliphatic rings. The van der Waals surface area contributed by atoms with E-state index < -0.39 is 5.97 Å². The van der Waals surface area contributed by atoms with E-state index >= 15 is 0 Å². The smallest absolute Gasteiger partial charge is 0.307 e. The zero-order chi connectivity index (χ0) is 12.1. The molecule has 0 atom stereocenters. The van der Waals surface area contributed by atoms with Gasteiger partial charge in [0.1, 0.15) is 18.1 Å². The number of carboxylic acid groups (broad SMARTS) is 1. The van der Waals surface area contributed by atoms with Crippen molar-refractivity contribution in [3.8, 4) is 5.75 Å². The second-order valence-corrected chi connectivity index (χ2v) is 3.58. The van der Waals surface area contributed by atoms with E-state index in [4.69, 9.17) is 14.3 Å². The van der Waals surface area contributed by atoms with Crippen LogP contribution >= 0.6 is 0 Å². The van der Waals surface area contributed by atoms with Gasteiger partial charge in [-0.3, -0.25) is 4.79 Å². The first kappa shape index (κ1) is 11.3. The van der Waals surface area contributed by atoms with Crippen LogP contribution in [0.3, 0.4) is 0 Å². The van der Waals surface area contributed by atoms with E-state index in [1.165, 1.54) is 0 Å². The predicted molar refractivity (Wildman–Crippen MR) is 60.8 cm³/mol. The van der Waals surface area contributed by atoms with Gasteiger partial charge in [0.2, 0.25) is 0 Å². The summed E-state index contributed by atoms with van der Waals surface area (Å²) < 4.78 is 10.6. The Labute approximate surface area is 98.4 Å². The standard InChI is InChI=1S/C13H12O4/c14-13(15)8-10-3-5-11(6-4-10)17-9-12-2-1-7-16-12/h1-7H,8-9H2,(H,14,15). The van der Waals surface area contributed by atoms with E-state index in [9.17, 15) is 4.79 Å². The summed E-state index contributed by atoms with van der Waals surface area (Å²) in [6.07, 6.45) is 1.62. The van der Waals surface area contributed by atoms with Crippen LogP contribution in [0.15, 0.2) is 47.1 Å². The van der Waals surface area contributed by atoms with Crippen LogP contribution in [0.25, 0.3) is 0 Å². The lowest BCUT2D eigenvalue weighted by atomic mass is 10.1. The number of hydrogen-bond acceptors (Lipinski definition) is 3. The third-order valence-electron chi connectivity index (χ3n) is 2.24. The van der Waals surface area contributed by atoms with Crippen LogP contribution in [0.2, 0.25) is 0 Å². The van der Waals surface area contributed by atoms with Gasteiger partial charge in [0, 0.05) is 0 Å². The summed E-state index contributed by atoms with van der Waals surface area (Å²) in [7, 11) is 0. The minimum absolute atomic E-state index is 0.0263. The molecular weight excluding hydrogens is 220 g/mol. The van der Waals surface area contributed by atoms with Crippen molar-refractivity contribution in [2.45, 2.75) is 13.0 Å². The highest BCUT2D eigenvalue weighted by molar-refractivity contribution is 5.70. The topological polar surface area (TPSA) is 59.7 Å². The molecule has 0 fully saturated rings. The molecule has 0 radical (unpaired) electrons. The zero-order valence-electron chi connectivity index (χ0n) is 9.13. The number of hydrogen-bond donors (Lipinski definition) is 1. The third kappa shape index (κ3) is 3.38. The van der Waals surface area contributed by atoms with E-state index in [1.54, 1.807) is 36.6 Å². The highest BCUT2D eigenvalue weighted by Crippen LogP contribution is 2.14. The number of rotatable bonds is 5. The monoisotopic (exact) mass is 232 g/mol. The van der Waals surface area contributed by atoms with Gasteiger partial charge < -0.3 is 14.3 Å². The molecule has 0 saturated heterocycles. The van der Waals surface area contributed by atoms with Crippen LogP contribution in [0.5, 0.6) is 5.75 Å². The second kappa shape index (κ2) is 5.21. The van der Waals surface area contributed by atoms with Crippen molar-refractivity contribution in [1.29, 1.82) is 0 Å². The van der Waals surface area contributed by atoms with Crippen molar-refractivity contribution < 1.29 is 19.1 Å². The SMILES string of the molecule is O=C(O)Cc1ccc(OCc2ccco2)cc1. The third-order valence-corrected chi connectivity index (χ3v) is 2.24. The fraction of sp³-hybridized carbons (Fsp3) is 0.154. The van der Waals surface area contributed by atoms with Crippen molar-refractivity contribution in [1.82, 2.24) is 0 Å². The van der Waals surface area contributed by atoms with Gasteiger partial charge in [0.25, 0.3) is 0 Å². The summed E-state index contributed by atoms with van der Waals surface area (Å²) in [5, 5.41) is 8.62. The molecule has 2 rings (SSSR count). The Hall–Kier alpha value is -2.23. The molecule has 0 saturated carbocycles. The molecule has 1 N–H and O–H groups in total. The first-order valence-corrected chi connectivity index (χ1v) is 5.20. The Morgan fingerprint density at radius 1 is 1.24 bits per heavy atom. The van der Waals surface area contributed by atoms with Crippen molar-refractivity contribution in [3.63, 3.8) is 0 Å². The number of carboxylic acids is 1. The molecule has 4 heteroatoms. The molecule has 4 nitrogen and oxygen atoms in total. The number of ether oxygens (including phenoxy) is 1. The van der Waals surface area contributed by atoms with Crippen LogP contribution in [0.4, 0.5) is 0 Å². The highest BCUT2D eigenvalue weighted by Gasteiger charge is 2.01. The Morgan fingerprint density at radius 3 is 2.59 bits per heavy atom. The van der Waals surface area contributed by atoms with Gasteiger partial charge in [-0.25, -0.2) is 0 Å². The Kier molecular flexibility index (Phi) is 3.45. The molecule has 17 heavy (non-hydrogen) atoms. The second-order valence-electron chi connectivity index (χ2n) is 3.58. The molecular formula is C13H12O4. The van der Waals surface area contributed by atoms with Gasteiger partial charge in [-0.2, -0.15) is 0 Å². The first-order chi connectivity index (χ1) is 8.24. The summed E-state index contributed by atoms with van der Waals surface area (Å²) in [6, 6.07) is 10.6. The number of furan rings is 1. The first-order valence-electron chi connectivity index (χ1n) is 5.20. The zero-order valence-corrected chi connectivity index (χ0v) is 9.13. The van der Waals surface area contributed by atoms with Gasteiger partial charge in [-0.05, 0) is 29.8 Å². The molecule has 2 aromatic rings. The van der Waals surface area contributed by atoms with Crippen molar-refractivity contribution in [2.75, 3.05) is 0 Å². The van der Waals surface area contributed by atoms with Gasteiger partial charge >= 0.3 is 5.97 Å². The summed E-state index contributed by atoms with van der Waals surface area (Å²) in [5.41, 5.74) is 0.753. The maximum atomic E-state index is 10.5. The maximum Gasteiger partial charge on any atom is 0.307 e. The van der Waals surface area contributed by atoms with Crippen molar-refractivity contribution >= 4 is 5.97 Å². The summed E-state index contributed by atoms with van der Waals surface area (Å²) in [6.45, 7) is 0.366. The molecule has 0 bridgehead atoms. The summed E-state index contributed by atoms with van der Waals surface area (Å²) in [4.78, 5) is 10.5. The lowest BCUT2D eigenvalue weighted by Gasteiger charge is -2.04. The molecule has 0 aliphatic carbocycles. The average Bonchev–Trinajstić information content (AvgIpc) is 2.80. The highest BCUT2D eigenvalue weighted by atomic mass is 16.5. The Morgan fingerprint density at radius 2 is 2.00 bits per heavy atom. The maximum absolute atomic E-state index is 10.5. The minimum atomic E-state index is -0.839. The van der Waals surface area contributed by atoms with Crippen LogP contribution in [-0.2, 0) is 17.8 Å². The van der Waals surface area contributed by atoms with Crippen LogP contribution in [0, 0.1) is 0 Å². The van der Waals surface area contributed by atoms with E-state index in [0.717, 1.165) is 11.3 Å². The fourth-order valence-corrected chi connectivity index (χ4v) is 1.43. The summed E-state index contributed by atoms with van der Waals surface area (Å²) >= 11 is 0. The lowest BCUT2D eigenvalue weighted by Crippen LogP contribution is -2.00. The Balaban J connectivity index is 1.91. The molecule has 1 aromatic carbocycles. The largest absolute Gasteiger partial charge is 0.486 e. The molecule has 1 heterocycles. The average molecular weight is 232 g/mol. The Bertz CT molecular complexity index is 471. The van der Waals surface area contributed by atoms with Crippen molar-refractivity contribution in [2.24, 2.45) is 0 Å². The van der Waals surface area contributed by atoms with Crippen LogP contribution in [0.1, 0.15) is 11.3 Å².